The van der Waals surface area contributed by atoms with Crippen molar-refractivity contribution in [3.63, 3.8) is 0 Å². The summed E-state index contributed by atoms with van der Waals surface area (Å²) in [6.07, 6.45) is 0.433. The third kappa shape index (κ3) is 6.65. The molecule has 2 N–H and O–H groups in total. The summed E-state index contributed by atoms with van der Waals surface area (Å²) in [6, 6.07) is 7.47. The van der Waals surface area contributed by atoms with E-state index in [2.05, 4.69) is 10.6 Å². The summed E-state index contributed by atoms with van der Waals surface area (Å²) in [7, 11) is 0. The predicted octanol–water partition coefficient (Wildman–Crippen LogP) is 1.96. The molecule has 2 rings (SSSR count). The van der Waals surface area contributed by atoms with Gasteiger partial charge in [0.05, 0.1) is 13.2 Å². The largest absolute Gasteiger partial charge is 0.462 e. The molecule has 1 aromatic carbocycles. The van der Waals surface area contributed by atoms with Gasteiger partial charge in [0.2, 0.25) is 0 Å². The topological polar surface area (TPSA) is 85.9 Å². The zero-order valence-corrected chi connectivity index (χ0v) is 15.7. The molecule has 0 spiro atoms. The van der Waals surface area contributed by atoms with Crippen molar-refractivity contribution in [1.82, 2.24) is 10.6 Å². The van der Waals surface area contributed by atoms with Crippen molar-refractivity contribution < 1.29 is 23.8 Å². The molecule has 1 aliphatic rings. The molecule has 1 heterocycles. The molecule has 1 amide bonds. The summed E-state index contributed by atoms with van der Waals surface area (Å²) in [5.74, 6) is -0.298. The van der Waals surface area contributed by atoms with Crippen LogP contribution in [-0.2, 0) is 25.4 Å². The van der Waals surface area contributed by atoms with Crippen molar-refractivity contribution in [1.29, 1.82) is 0 Å². The van der Waals surface area contributed by atoms with E-state index in [9.17, 15) is 9.59 Å². The van der Waals surface area contributed by atoms with Crippen LogP contribution in [0.2, 0.25) is 0 Å². The third-order valence-corrected chi connectivity index (χ3v) is 3.73. The fourth-order valence-electron chi connectivity index (χ4n) is 2.64. The number of carbonyl (C=O) groups is 2. The molecule has 0 saturated heterocycles. The fraction of sp³-hybridized carbons (Fsp3) is 0.579. The second kappa shape index (κ2) is 9.54. The Hall–Kier alpha value is -2.12. The molecule has 1 aromatic rings. The van der Waals surface area contributed by atoms with Crippen LogP contribution in [0.5, 0.6) is 0 Å². The van der Waals surface area contributed by atoms with Gasteiger partial charge in [0.15, 0.2) is 0 Å². The summed E-state index contributed by atoms with van der Waals surface area (Å²) in [5.41, 5.74) is 1.63. The molecule has 1 atom stereocenters. The summed E-state index contributed by atoms with van der Waals surface area (Å²) in [5, 5.41) is 5.79. The Labute approximate surface area is 154 Å². The van der Waals surface area contributed by atoms with Gasteiger partial charge in [-0.3, -0.25) is 0 Å². The van der Waals surface area contributed by atoms with E-state index in [0.29, 0.717) is 13.2 Å². The van der Waals surface area contributed by atoms with Crippen LogP contribution in [0.25, 0.3) is 0 Å². The van der Waals surface area contributed by atoms with Gasteiger partial charge in [0.25, 0.3) is 0 Å². The number of alkyl carbamates (subject to hydrolysis) is 1. The number of nitrogens with one attached hydrogen (secondary N) is 2. The Kier molecular flexibility index (Phi) is 7.41. The van der Waals surface area contributed by atoms with E-state index in [4.69, 9.17) is 14.2 Å². The minimum atomic E-state index is -0.523. The highest BCUT2D eigenvalue weighted by Crippen LogP contribution is 2.23. The standard InChI is InChI=1S/C19H28N2O5/c1-19(2,3)26-18(23)21-10-11-24-12-13-25-17(22)16-15-7-5-4-6-14(15)8-9-20-16/h4-7,16,20H,8-13H2,1-3H3,(H,21,23). The van der Waals surface area contributed by atoms with Crippen molar-refractivity contribution in [2.75, 3.05) is 32.9 Å². The molecule has 0 bridgehead atoms. The Morgan fingerprint density at radius 3 is 2.73 bits per heavy atom. The van der Waals surface area contributed by atoms with Gasteiger partial charge in [-0.2, -0.15) is 0 Å². The highest BCUT2D eigenvalue weighted by Gasteiger charge is 2.26. The lowest BCUT2D eigenvalue weighted by molar-refractivity contribution is -0.148. The number of benzene rings is 1. The number of fused-ring (bicyclic) bond motifs is 1. The summed E-state index contributed by atoms with van der Waals surface area (Å²) in [6.45, 7) is 7.26. The van der Waals surface area contributed by atoms with E-state index in [1.807, 2.05) is 24.3 Å². The van der Waals surface area contributed by atoms with E-state index in [0.717, 1.165) is 18.5 Å². The molecule has 26 heavy (non-hydrogen) atoms. The molecule has 1 unspecified atom stereocenters. The van der Waals surface area contributed by atoms with Crippen molar-refractivity contribution in [3.05, 3.63) is 35.4 Å². The molecular weight excluding hydrogens is 336 g/mol. The molecular formula is C19H28N2O5. The SMILES string of the molecule is CC(C)(C)OC(=O)NCCOCCOC(=O)C1NCCc2ccccc21. The highest BCUT2D eigenvalue weighted by atomic mass is 16.6. The lowest BCUT2D eigenvalue weighted by atomic mass is 9.94. The quantitative estimate of drug-likeness (QED) is 0.568. The molecule has 0 radical (unpaired) electrons. The average molecular weight is 364 g/mol. The van der Waals surface area contributed by atoms with Gasteiger partial charge < -0.3 is 24.8 Å². The lowest BCUT2D eigenvalue weighted by Crippen LogP contribution is -2.36. The monoisotopic (exact) mass is 364 g/mol. The molecule has 7 heteroatoms. The summed E-state index contributed by atoms with van der Waals surface area (Å²) >= 11 is 0. The number of hydrogen-bond acceptors (Lipinski definition) is 6. The van der Waals surface area contributed by atoms with Gasteiger partial charge >= 0.3 is 12.1 Å². The number of hydrogen-bond donors (Lipinski definition) is 2. The van der Waals surface area contributed by atoms with Crippen LogP contribution in [0, 0.1) is 0 Å². The fourth-order valence-corrected chi connectivity index (χ4v) is 2.64. The maximum atomic E-state index is 12.3. The number of amides is 1. The molecule has 1 aliphatic heterocycles. The van der Waals surface area contributed by atoms with Crippen molar-refractivity contribution in [3.8, 4) is 0 Å². The minimum Gasteiger partial charge on any atom is -0.462 e. The van der Waals surface area contributed by atoms with Gasteiger partial charge in [-0.25, -0.2) is 9.59 Å². The van der Waals surface area contributed by atoms with Crippen LogP contribution in [0.4, 0.5) is 4.79 Å². The minimum absolute atomic E-state index is 0.172. The van der Waals surface area contributed by atoms with Crippen LogP contribution in [0.3, 0.4) is 0 Å². The Bertz CT molecular complexity index is 612. The second-order valence-corrected chi connectivity index (χ2v) is 7.04. The van der Waals surface area contributed by atoms with Crippen molar-refractivity contribution in [2.45, 2.75) is 38.8 Å². The van der Waals surface area contributed by atoms with Gasteiger partial charge in [-0.05, 0) is 38.3 Å². The molecule has 0 saturated carbocycles. The first-order valence-electron chi connectivity index (χ1n) is 8.89. The third-order valence-electron chi connectivity index (χ3n) is 3.73. The van der Waals surface area contributed by atoms with Crippen molar-refractivity contribution in [2.24, 2.45) is 0 Å². The maximum absolute atomic E-state index is 12.3. The Morgan fingerprint density at radius 2 is 1.96 bits per heavy atom. The smallest absolute Gasteiger partial charge is 0.407 e. The maximum Gasteiger partial charge on any atom is 0.407 e. The average Bonchev–Trinajstić information content (AvgIpc) is 2.58. The van der Waals surface area contributed by atoms with Crippen LogP contribution >= 0.6 is 0 Å². The van der Waals surface area contributed by atoms with Crippen LogP contribution in [-0.4, -0.2) is 50.6 Å². The van der Waals surface area contributed by atoms with E-state index in [1.54, 1.807) is 20.8 Å². The molecule has 144 valence electrons. The van der Waals surface area contributed by atoms with E-state index >= 15 is 0 Å². The van der Waals surface area contributed by atoms with E-state index in [-0.39, 0.29) is 19.2 Å². The second-order valence-electron chi connectivity index (χ2n) is 7.04. The lowest BCUT2D eigenvalue weighted by Gasteiger charge is -2.25. The molecule has 0 aliphatic carbocycles. The molecule has 7 nitrogen and oxygen atoms in total. The summed E-state index contributed by atoms with van der Waals surface area (Å²) in [4.78, 5) is 23.7. The normalized spacial score (nSPS) is 16.5. The van der Waals surface area contributed by atoms with Gasteiger partial charge in [-0.1, -0.05) is 24.3 Å². The highest BCUT2D eigenvalue weighted by molar-refractivity contribution is 5.78. The first-order valence-corrected chi connectivity index (χ1v) is 8.89. The Balaban J connectivity index is 1.59. The van der Waals surface area contributed by atoms with E-state index < -0.39 is 17.7 Å². The van der Waals surface area contributed by atoms with Crippen LogP contribution in [0.1, 0.15) is 37.9 Å². The Morgan fingerprint density at radius 1 is 1.19 bits per heavy atom. The van der Waals surface area contributed by atoms with Gasteiger partial charge in [0, 0.05) is 13.1 Å². The zero-order chi connectivity index (χ0) is 19.0. The number of esters is 1. The van der Waals surface area contributed by atoms with Gasteiger partial charge in [0.1, 0.15) is 18.2 Å². The number of rotatable bonds is 7. The number of carbonyl (C=O) groups excluding carboxylic acids is 2. The molecule has 0 fully saturated rings. The predicted molar refractivity (Wildman–Crippen MR) is 96.9 cm³/mol. The van der Waals surface area contributed by atoms with Crippen LogP contribution in [0.15, 0.2) is 24.3 Å². The van der Waals surface area contributed by atoms with Gasteiger partial charge in [-0.15, -0.1) is 0 Å². The zero-order valence-electron chi connectivity index (χ0n) is 15.7. The molecule has 0 aromatic heterocycles. The number of ether oxygens (including phenoxy) is 3. The van der Waals surface area contributed by atoms with Crippen molar-refractivity contribution >= 4 is 12.1 Å². The van der Waals surface area contributed by atoms with Crippen LogP contribution < -0.4 is 10.6 Å². The van der Waals surface area contributed by atoms with E-state index in [1.165, 1.54) is 5.56 Å². The first-order chi connectivity index (χ1) is 12.4. The summed E-state index contributed by atoms with van der Waals surface area (Å²) < 4.78 is 15.8. The first kappa shape index (κ1) is 20.2.